The fourth-order valence-electron chi connectivity index (χ4n) is 0.990. The predicted molar refractivity (Wildman–Crippen MR) is 52.1 cm³/mol. The SMILES string of the molecule is CCOc1ccc(CN=O)cc1Cl. The lowest BCUT2D eigenvalue weighted by Gasteiger charge is -2.05. The molecule has 4 heteroatoms. The molecule has 0 aliphatic heterocycles. The molecule has 0 spiro atoms. The summed E-state index contributed by atoms with van der Waals surface area (Å²) >= 11 is 5.88. The van der Waals surface area contributed by atoms with Gasteiger partial charge in [-0.2, -0.15) is 4.91 Å². The second-order valence-corrected chi connectivity index (χ2v) is 2.89. The van der Waals surface area contributed by atoms with Gasteiger partial charge in [0.2, 0.25) is 0 Å². The highest BCUT2D eigenvalue weighted by Crippen LogP contribution is 2.25. The first-order chi connectivity index (χ1) is 6.27. The van der Waals surface area contributed by atoms with E-state index in [0.717, 1.165) is 5.56 Å². The van der Waals surface area contributed by atoms with Crippen molar-refractivity contribution in [2.75, 3.05) is 6.61 Å². The summed E-state index contributed by atoms with van der Waals surface area (Å²) in [6, 6.07) is 5.21. The van der Waals surface area contributed by atoms with Gasteiger partial charge in [-0.15, -0.1) is 0 Å². The van der Waals surface area contributed by atoms with Crippen LogP contribution in [-0.4, -0.2) is 6.61 Å². The van der Waals surface area contributed by atoms with Gasteiger partial charge in [0.1, 0.15) is 12.3 Å². The first-order valence-corrected chi connectivity index (χ1v) is 4.36. The number of ether oxygens (including phenoxy) is 1. The first kappa shape index (κ1) is 9.99. The van der Waals surface area contributed by atoms with Crippen LogP contribution in [0.3, 0.4) is 0 Å². The van der Waals surface area contributed by atoms with Crippen molar-refractivity contribution >= 4 is 11.6 Å². The number of benzene rings is 1. The van der Waals surface area contributed by atoms with E-state index in [1.165, 1.54) is 0 Å². The number of rotatable bonds is 4. The number of halogens is 1. The Morgan fingerprint density at radius 2 is 2.31 bits per heavy atom. The summed E-state index contributed by atoms with van der Waals surface area (Å²) < 4.78 is 5.23. The Morgan fingerprint density at radius 3 is 2.85 bits per heavy atom. The van der Waals surface area contributed by atoms with E-state index in [1.807, 2.05) is 6.92 Å². The molecule has 1 rings (SSSR count). The Hall–Kier alpha value is -1.09. The van der Waals surface area contributed by atoms with E-state index >= 15 is 0 Å². The van der Waals surface area contributed by atoms with Gasteiger partial charge in [-0.1, -0.05) is 22.8 Å². The summed E-state index contributed by atoms with van der Waals surface area (Å²) in [5.41, 5.74) is 0.795. The maximum Gasteiger partial charge on any atom is 0.137 e. The van der Waals surface area contributed by atoms with Crippen LogP contribution in [0.15, 0.2) is 23.4 Å². The fourth-order valence-corrected chi connectivity index (χ4v) is 1.25. The van der Waals surface area contributed by atoms with E-state index in [0.29, 0.717) is 17.4 Å². The average molecular weight is 200 g/mol. The van der Waals surface area contributed by atoms with Gasteiger partial charge < -0.3 is 4.74 Å². The van der Waals surface area contributed by atoms with Crippen molar-refractivity contribution in [3.8, 4) is 5.75 Å². The Labute approximate surface area is 81.6 Å². The zero-order chi connectivity index (χ0) is 9.68. The molecule has 0 saturated heterocycles. The highest BCUT2D eigenvalue weighted by molar-refractivity contribution is 6.32. The van der Waals surface area contributed by atoms with Gasteiger partial charge in [0, 0.05) is 0 Å². The van der Waals surface area contributed by atoms with E-state index in [1.54, 1.807) is 18.2 Å². The van der Waals surface area contributed by atoms with Crippen molar-refractivity contribution in [3.05, 3.63) is 33.7 Å². The quantitative estimate of drug-likeness (QED) is 0.700. The molecule has 0 aliphatic carbocycles. The molecule has 0 unspecified atom stereocenters. The molecule has 0 radical (unpaired) electrons. The van der Waals surface area contributed by atoms with E-state index in [2.05, 4.69) is 5.18 Å². The number of nitroso groups, excluding NO2 is 1. The summed E-state index contributed by atoms with van der Waals surface area (Å²) in [7, 11) is 0. The summed E-state index contributed by atoms with van der Waals surface area (Å²) in [6.45, 7) is 2.61. The standard InChI is InChI=1S/C9H10ClNO2/c1-2-13-9-4-3-7(6-11-12)5-8(9)10/h3-5H,2,6H2,1H3. The second kappa shape index (κ2) is 4.82. The molecule has 0 atom stereocenters. The van der Waals surface area contributed by atoms with Crippen LogP contribution in [0.2, 0.25) is 5.02 Å². The van der Waals surface area contributed by atoms with E-state index in [-0.39, 0.29) is 6.54 Å². The molecule has 0 aromatic heterocycles. The number of hydrogen-bond donors (Lipinski definition) is 0. The average Bonchev–Trinajstić information content (AvgIpc) is 2.10. The number of nitrogens with zero attached hydrogens (tertiary/aromatic N) is 1. The third kappa shape index (κ3) is 2.70. The zero-order valence-electron chi connectivity index (χ0n) is 7.29. The molecule has 0 fully saturated rings. The number of hydrogen-bond acceptors (Lipinski definition) is 3. The van der Waals surface area contributed by atoms with Crippen LogP contribution in [0, 0.1) is 4.91 Å². The zero-order valence-corrected chi connectivity index (χ0v) is 8.04. The molecule has 0 aliphatic rings. The summed E-state index contributed by atoms with van der Waals surface area (Å²) in [5.74, 6) is 0.638. The molecule has 0 heterocycles. The van der Waals surface area contributed by atoms with Crippen molar-refractivity contribution in [1.29, 1.82) is 0 Å². The van der Waals surface area contributed by atoms with Crippen molar-refractivity contribution in [3.63, 3.8) is 0 Å². The molecule has 70 valence electrons. The van der Waals surface area contributed by atoms with Gasteiger partial charge in [-0.3, -0.25) is 0 Å². The topological polar surface area (TPSA) is 38.7 Å². The molecular formula is C9H10ClNO2. The van der Waals surface area contributed by atoms with Crippen LogP contribution >= 0.6 is 11.6 Å². The van der Waals surface area contributed by atoms with Gasteiger partial charge >= 0.3 is 0 Å². The van der Waals surface area contributed by atoms with E-state index in [4.69, 9.17) is 16.3 Å². The van der Waals surface area contributed by atoms with Crippen LogP contribution in [-0.2, 0) is 6.54 Å². The fraction of sp³-hybridized carbons (Fsp3) is 0.333. The minimum absolute atomic E-state index is 0.145. The Balaban J connectivity index is 2.84. The Morgan fingerprint density at radius 1 is 1.54 bits per heavy atom. The van der Waals surface area contributed by atoms with Crippen molar-refractivity contribution in [1.82, 2.24) is 0 Å². The smallest absolute Gasteiger partial charge is 0.137 e. The minimum Gasteiger partial charge on any atom is -0.492 e. The predicted octanol–water partition coefficient (Wildman–Crippen LogP) is 3.01. The van der Waals surface area contributed by atoms with Gasteiger partial charge in [-0.05, 0) is 24.6 Å². The monoisotopic (exact) mass is 199 g/mol. The van der Waals surface area contributed by atoms with Crippen molar-refractivity contribution < 1.29 is 4.74 Å². The molecule has 0 saturated carbocycles. The summed E-state index contributed by atoms with van der Waals surface area (Å²) in [6.07, 6.45) is 0. The Kier molecular flexibility index (Phi) is 3.71. The van der Waals surface area contributed by atoms with Crippen molar-refractivity contribution in [2.24, 2.45) is 5.18 Å². The van der Waals surface area contributed by atoms with Gasteiger partial charge in [0.25, 0.3) is 0 Å². The third-order valence-corrected chi connectivity index (χ3v) is 1.84. The van der Waals surface area contributed by atoms with E-state index in [9.17, 15) is 4.91 Å². The van der Waals surface area contributed by atoms with Crippen LogP contribution < -0.4 is 4.74 Å². The lowest BCUT2D eigenvalue weighted by atomic mass is 10.2. The summed E-state index contributed by atoms with van der Waals surface area (Å²) in [4.78, 5) is 9.97. The lowest BCUT2D eigenvalue weighted by molar-refractivity contribution is 0.340. The van der Waals surface area contributed by atoms with Crippen LogP contribution in [0.25, 0.3) is 0 Å². The molecule has 1 aromatic rings. The molecule has 1 aromatic carbocycles. The first-order valence-electron chi connectivity index (χ1n) is 3.98. The molecule has 13 heavy (non-hydrogen) atoms. The van der Waals surface area contributed by atoms with Gasteiger partial charge in [0.15, 0.2) is 0 Å². The van der Waals surface area contributed by atoms with Crippen molar-refractivity contribution in [2.45, 2.75) is 13.5 Å². The molecular weight excluding hydrogens is 190 g/mol. The largest absolute Gasteiger partial charge is 0.492 e. The molecule has 0 bridgehead atoms. The minimum atomic E-state index is 0.145. The Bertz CT molecular complexity index is 302. The van der Waals surface area contributed by atoms with Crippen LogP contribution in [0.4, 0.5) is 0 Å². The van der Waals surface area contributed by atoms with Crippen LogP contribution in [0.1, 0.15) is 12.5 Å². The van der Waals surface area contributed by atoms with E-state index < -0.39 is 0 Å². The highest BCUT2D eigenvalue weighted by Gasteiger charge is 2.01. The highest BCUT2D eigenvalue weighted by atomic mass is 35.5. The molecule has 3 nitrogen and oxygen atoms in total. The lowest BCUT2D eigenvalue weighted by Crippen LogP contribution is -1.92. The second-order valence-electron chi connectivity index (χ2n) is 2.49. The molecule has 0 amide bonds. The molecule has 0 N–H and O–H groups in total. The normalized spacial score (nSPS) is 9.69. The third-order valence-electron chi connectivity index (χ3n) is 1.54. The maximum atomic E-state index is 9.97. The van der Waals surface area contributed by atoms with Crippen LogP contribution in [0.5, 0.6) is 5.75 Å². The van der Waals surface area contributed by atoms with Gasteiger partial charge in [0.05, 0.1) is 11.6 Å². The maximum absolute atomic E-state index is 9.97. The summed E-state index contributed by atoms with van der Waals surface area (Å²) in [5, 5.41) is 3.29. The van der Waals surface area contributed by atoms with Gasteiger partial charge in [-0.25, -0.2) is 0 Å².